The Hall–Kier alpha value is -2.36. The number of hydrogen-bond donors (Lipinski definition) is 1. The highest BCUT2D eigenvalue weighted by atomic mass is 32.2. The predicted molar refractivity (Wildman–Crippen MR) is 124 cm³/mol. The Kier molecular flexibility index (Phi) is 7.40. The van der Waals surface area contributed by atoms with Crippen molar-refractivity contribution in [3.05, 3.63) is 53.6 Å². The molecular weight excluding hydrogens is 432 g/mol. The van der Waals surface area contributed by atoms with Crippen LogP contribution in [0.25, 0.3) is 11.0 Å². The summed E-state index contributed by atoms with van der Waals surface area (Å²) in [6.07, 6.45) is 0.881. The van der Waals surface area contributed by atoms with Gasteiger partial charge in [-0.05, 0) is 44.0 Å². The molecule has 0 atom stereocenters. The van der Waals surface area contributed by atoms with Gasteiger partial charge in [-0.3, -0.25) is 4.79 Å². The average molecular weight is 461 g/mol. The van der Waals surface area contributed by atoms with Crippen molar-refractivity contribution in [1.82, 2.24) is 14.5 Å². The molecule has 1 aromatic heterocycles. The lowest BCUT2D eigenvalue weighted by molar-refractivity contribution is -0.129. The van der Waals surface area contributed by atoms with Gasteiger partial charge >= 0.3 is 0 Å². The molecule has 0 aliphatic carbocycles. The molecule has 0 spiro atoms. The van der Waals surface area contributed by atoms with E-state index in [1.54, 1.807) is 6.07 Å². The van der Waals surface area contributed by atoms with Gasteiger partial charge in [0.1, 0.15) is 0 Å². The van der Waals surface area contributed by atoms with Gasteiger partial charge in [-0.15, -0.1) is 0 Å². The summed E-state index contributed by atoms with van der Waals surface area (Å²) in [5, 5.41) is 5.92. The number of carbonyl (C=O) groups excluding carboxylic acids is 1. The first-order valence-corrected chi connectivity index (χ1v) is 12.7. The molecule has 0 unspecified atom stereocenters. The number of aromatic nitrogens is 2. The van der Waals surface area contributed by atoms with Gasteiger partial charge in [-0.1, -0.05) is 48.5 Å². The van der Waals surface area contributed by atoms with Crippen molar-refractivity contribution in [3.8, 4) is 0 Å². The van der Waals surface area contributed by atoms with Crippen molar-refractivity contribution in [2.45, 2.75) is 50.3 Å². The molecule has 2 aromatic carbocycles. The van der Waals surface area contributed by atoms with Crippen LogP contribution in [0.5, 0.6) is 0 Å². The number of nitrogens with zero attached hydrogens (tertiary/aromatic N) is 3. The lowest BCUT2D eigenvalue weighted by atomic mass is 10.1. The minimum absolute atomic E-state index is 0.0283. The van der Waals surface area contributed by atoms with E-state index in [2.05, 4.69) is 36.2 Å². The Labute approximate surface area is 187 Å². The first kappa shape index (κ1) is 23.3. The van der Waals surface area contributed by atoms with Crippen LogP contribution < -0.4 is 5.14 Å². The number of thioether (sulfide) groups is 1. The van der Waals surface area contributed by atoms with Gasteiger partial charge in [0.15, 0.2) is 5.16 Å². The van der Waals surface area contributed by atoms with E-state index < -0.39 is 10.0 Å². The number of benzene rings is 2. The monoisotopic (exact) mass is 460 g/mol. The van der Waals surface area contributed by atoms with Crippen LogP contribution in [0.2, 0.25) is 0 Å². The van der Waals surface area contributed by atoms with Crippen LogP contribution >= 0.6 is 11.8 Å². The average Bonchev–Trinajstić information content (AvgIpc) is 3.09. The number of carbonyl (C=O) groups is 1. The van der Waals surface area contributed by atoms with Gasteiger partial charge in [0.2, 0.25) is 15.9 Å². The number of sulfonamides is 1. The summed E-state index contributed by atoms with van der Waals surface area (Å²) >= 11 is 1.37. The molecule has 0 saturated carbocycles. The van der Waals surface area contributed by atoms with Crippen LogP contribution in [0.3, 0.4) is 0 Å². The fourth-order valence-electron chi connectivity index (χ4n) is 3.37. The van der Waals surface area contributed by atoms with E-state index in [9.17, 15) is 13.2 Å². The zero-order valence-electron chi connectivity index (χ0n) is 18.0. The number of primary sulfonamides is 1. The SMILES string of the molecule is CCCN(Cc1ccc(C)cc1)C(=O)CSc1nc2cc(S(N)(=O)=O)ccc2n1CC. The Balaban J connectivity index is 1.77. The Morgan fingerprint density at radius 2 is 1.87 bits per heavy atom. The van der Waals surface area contributed by atoms with E-state index in [-0.39, 0.29) is 16.6 Å². The van der Waals surface area contributed by atoms with Gasteiger partial charge in [-0.2, -0.15) is 0 Å². The summed E-state index contributed by atoms with van der Waals surface area (Å²) in [4.78, 5) is 19.4. The Morgan fingerprint density at radius 1 is 1.16 bits per heavy atom. The maximum atomic E-state index is 13.0. The molecule has 3 rings (SSSR count). The molecule has 0 bridgehead atoms. The maximum Gasteiger partial charge on any atom is 0.238 e. The highest BCUT2D eigenvalue weighted by Gasteiger charge is 2.18. The van der Waals surface area contributed by atoms with E-state index in [1.165, 1.54) is 29.5 Å². The quantitative estimate of drug-likeness (QED) is 0.493. The van der Waals surface area contributed by atoms with Crippen LogP contribution in [-0.2, 0) is 27.9 Å². The van der Waals surface area contributed by atoms with Crippen LogP contribution in [0.15, 0.2) is 52.5 Å². The minimum atomic E-state index is -3.80. The first-order chi connectivity index (χ1) is 14.7. The van der Waals surface area contributed by atoms with Crippen molar-refractivity contribution < 1.29 is 13.2 Å². The van der Waals surface area contributed by atoms with E-state index >= 15 is 0 Å². The van der Waals surface area contributed by atoms with E-state index in [0.29, 0.717) is 30.3 Å². The van der Waals surface area contributed by atoms with Crippen molar-refractivity contribution in [2.75, 3.05) is 12.3 Å². The van der Waals surface area contributed by atoms with Gasteiger partial charge in [0.05, 0.1) is 21.7 Å². The molecule has 9 heteroatoms. The molecule has 0 aliphatic rings. The van der Waals surface area contributed by atoms with Crippen molar-refractivity contribution in [1.29, 1.82) is 0 Å². The zero-order valence-corrected chi connectivity index (χ0v) is 19.7. The molecular formula is C22H28N4O3S2. The van der Waals surface area contributed by atoms with Gasteiger partial charge < -0.3 is 9.47 Å². The van der Waals surface area contributed by atoms with Crippen LogP contribution in [0, 0.1) is 6.92 Å². The summed E-state index contributed by atoms with van der Waals surface area (Å²) in [6.45, 7) is 8.01. The number of fused-ring (bicyclic) bond motifs is 1. The molecule has 1 amide bonds. The highest BCUT2D eigenvalue weighted by Crippen LogP contribution is 2.26. The maximum absolute atomic E-state index is 13.0. The molecule has 2 N–H and O–H groups in total. The third-order valence-corrected chi connectivity index (χ3v) is 6.87. The lowest BCUT2D eigenvalue weighted by Gasteiger charge is -2.22. The molecule has 3 aromatic rings. The van der Waals surface area contributed by atoms with Gasteiger partial charge in [0, 0.05) is 19.6 Å². The fourth-order valence-corrected chi connectivity index (χ4v) is 4.89. The molecule has 0 saturated heterocycles. The third-order valence-electron chi connectivity index (χ3n) is 4.99. The number of hydrogen-bond acceptors (Lipinski definition) is 5. The Bertz CT molecular complexity index is 1170. The molecule has 0 radical (unpaired) electrons. The normalized spacial score (nSPS) is 11.7. The van der Waals surface area contributed by atoms with E-state index in [1.807, 2.05) is 23.3 Å². The molecule has 7 nitrogen and oxygen atoms in total. The summed E-state index contributed by atoms with van der Waals surface area (Å²) in [5.41, 5.74) is 3.66. The summed E-state index contributed by atoms with van der Waals surface area (Å²) in [5.74, 6) is 0.310. The van der Waals surface area contributed by atoms with E-state index in [4.69, 9.17) is 5.14 Å². The second-order valence-corrected chi connectivity index (χ2v) is 9.93. The topological polar surface area (TPSA) is 98.3 Å². The van der Waals surface area contributed by atoms with Gasteiger partial charge in [-0.25, -0.2) is 18.5 Å². The molecule has 1 heterocycles. The standard InChI is InChI=1S/C22H28N4O3S2/c1-4-12-25(14-17-8-6-16(3)7-9-17)21(27)15-30-22-24-19-13-18(31(23,28)29)10-11-20(19)26(22)5-2/h6-11,13H,4-5,12,14-15H2,1-3H3,(H2,23,28,29). The number of rotatable bonds is 9. The fraction of sp³-hybridized carbons (Fsp3) is 0.364. The van der Waals surface area contributed by atoms with Crippen LogP contribution in [0.1, 0.15) is 31.4 Å². The highest BCUT2D eigenvalue weighted by molar-refractivity contribution is 7.99. The molecule has 0 aliphatic heterocycles. The zero-order chi connectivity index (χ0) is 22.6. The van der Waals surface area contributed by atoms with Crippen LogP contribution in [-0.4, -0.2) is 41.1 Å². The third kappa shape index (κ3) is 5.66. The van der Waals surface area contributed by atoms with Crippen LogP contribution in [0.4, 0.5) is 0 Å². The van der Waals surface area contributed by atoms with Gasteiger partial charge in [0.25, 0.3) is 0 Å². The van der Waals surface area contributed by atoms with Crippen molar-refractivity contribution >= 4 is 38.7 Å². The van der Waals surface area contributed by atoms with Crippen molar-refractivity contribution in [2.24, 2.45) is 5.14 Å². The number of aryl methyl sites for hydroxylation is 2. The second kappa shape index (κ2) is 9.84. The van der Waals surface area contributed by atoms with E-state index in [0.717, 1.165) is 17.5 Å². The molecule has 0 fully saturated rings. The second-order valence-electron chi connectivity index (χ2n) is 7.42. The summed E-state index contributed by atoms with van der Waals surface area (Å²) in [7, 11) is -3.80. The Morgan fingerprint density at radius 3 is 2.48 bits per heavy atom. The number of imidazole rings is 1. The minimum Gasteiger partial charge on any atom is -0.338 e. The summed E-state index contributed by atoms with van der Waals surface area (Å²) < 4.78 is 25.3. The lowest BCUT2D eigenvalue weighted by Crippen LogP contribution is -2.32. The number of nitrogens with two attached hydrogens (primary N) is 1. The number of amides is 1. The first-order valence-electron chi connectivity index (χ1n) is 10.2. The smallest absolute Gasteiger partial charge is 0.238 e. The predicted octanol–water partition coefficient (Wildman–Crippen LogP) is 3.54. The summed E-state index contributed by atoms with van der Waals surface area (Å²) in [6, 6.07) is 12.9. The molecule has 31 heavy (non-hydrogen) atoms. The molecule has 166 valence electrons. The van der Waals surface area contributed by atoms with Crippen molar-refractivity contribution in [3.63, 3.8) is 0 Å². The largest absolute Gasteiger partial charge is 0.338 e.